The number of carbonyl (C=O) groups excluding carboxylic acids is 2. The first kappa shape index (κ1) is 36.5. The van der Waals surface area contributed by atoms with Crippen molar-refractivity contribution in [1.29, 1.82) is 0 Å². The monoisotopic (exact) mass is 641 g/mol. The first-order chi connectivity index (χ1) is 22.5. The third-order valence-corrected chi connectivity index (χ3v) is 14.0. The van der Waals surface area contributed by atoms with Gasteiger partial charge in [0.25, 0.3) is 0 Å². The molecule has 4 nitrogen and oxygen atoms in total. The van der Waals surface area contributed by atoms with E-state index in [2.05, 4.69) is 13.8 Å². The second-order valence-electron chi connectivity index (χ2n) is 16.8. The Morgan fingerprint density at radius 3 is 1.09 bits per heavy atom. The van der Waals surface area contributed by atoms with Crippen LogP contribution >= 0.6 is 0 Å². The maximum Gasteiger partial charge on any atom is 0.159 e. The third-order valence-electron chi connectivity index (χ3n) is 14.0. The third kappa shape index (κ3) is 8.88. The molecule has 0 N–H and O–H groups in total. The van der Waals surface area contributed by atoms with Gasteiger partial charge in [-0.1, -0.05) is 78.1 Å². The van der Waals surface area contributed by atoms with Gasteiger partial charge in [0, 0.05) is 13.2 Å². The van der Waals surface area contributed by atoms with Gasteiger partial charge in [-0.2, -0.15) is 0 Å². The zero-order valence-electron chi connectivity index (χ0n) is 30.3. The number of hydrogen-bond donors (Lipinski definition) is 0. The molecule has 5 saturated carbocycles. The van der Waals surface area contributed by atoms with Crippen molar-refractivity contribution in [3.63, 3.8) is 0 Å². The van der Waals surface area contributed by atoms with Crippen LogP contribution in [0.2, 0.25) is 0 Å². The number of ether oxygens (including phenoxy) is 2. The van der Waals surface area contributed by atoms with Crippen molar-refractivity contribution >= 4 is 11.6 Å². The maximum absolute atomic E-state index is 13.9. The second kappa shape index (κ2) is 18.3. The number of rotatable bonds is 18. The van der Waals surface area contributed by atoms with E-state index in [1.165, 1.54) is 128 Å². The summed E-state index contributed by atoms with van der Waals surface area (Å²) >= 11 is 0. The fourth-order valence-electron chi connectivity index (χ4n) is 10.9. The highest BCUT2D eigenvalue weighted by Gasteiger charge is 2.71. The average Bonchev–Trinajstić information content (AvgIpc) is 3.11. The van der Waals surface area contributed by atoms with Gasteiger partial charge in [0.15, 0.2) is 11.6 Å². The summed E-state index contributed by atoms with van der Waals surface area (Å²) in [5, 5.41) is 0. The molecule has 0 atom stereocenters. The topological polar surface area (TPSA) is 52.6 Å². The lowest BCUT2D eigenvalue weighted by atomic mass is 9.41. The molecule has 2 spiro atoms. The summed E-state index contributed by atoms with van der Waals surface area (Å²) in [5.74, 6) is 3.72. The van der Waals surface area contributed by atoms with Crippen LogP contribution in [0.1, 0.15) is 194 Å². The summed E-state index contributed by atoms with van der Waals surface area (Å²) in [4.78, 5) is 27.8. The Morgan fingerprint density at radius 1 is 0.435 bits per heavy atom. The van der Waals surface area contributed by atoms with Crippen LogP contribution in [0.5, 0.6) is 0 Å². The van der Waals surface area contributed by atoms with Crippen LogP contribution < -0.4 is 0 Å². The minimum absolute atomic E-state index is 0.375. The van der Waals surface area contributed by atoms with E-state index in [0.717, 1.165) is 76.4 Å². The SMILES string of the molecule is CCCCCCCCOC1CCC(C2CCC3(CC2)C(=O)C2(CCC(C4CCC(OCCCCCCCC)CC4)CC2)C3=O)CC1. The van der Waals surface area contributed by atoms with Gasteiger partial charge in [0.2, 0.25) is 0 Å². The lowest BCUT2D eigenvalue weighted by Crippen LogP contribution is -2.68. The molecule has 264 valence electrons. The van der Waals surface area contributed by atoms with Gasteiger partial charge in [0.05, 0.1) is 23.0 Å². The predicted molar refractivity (Wildman–Crippen MR) is 189 cm³/mol. The van der Waals surface area contributed by atoms with Crippen molar-refractivity contribution in [2.75, 3.05) is 13.2 Å². The molecule has 0 heterocycles. The van der Waals surface area contributed by atoms with Crippen LogP contribution in [0.25, 0.3) is 0 Å². The van der Waals surface area contributed by atoms with Crippen LogP contribution in [0.3, 0.4) is 0 Å². The Morgan fingerprint density at radius 2 is 0.739 bits per heavy atom. The zero-order valence-corrected chi connectivity index (χ0v) is 30.3. The van der Waals surface area contributed by atoms with Crippen molar-refractivity contribution in [3.8, 4) is 0 Å². The molecule has 5 aliphatic rings. The summed E-state index contributed by atoms with van der Waals surface area (Å²) in [6.45, 7) is 6.43. The van der Waals surface area contributed by atoms with E-state index in [0.29, 0.717) is 35.6 Å². The predicted octanol–water partition coefficient (Wildman–Crippen LogP) is 11.4. The van der Waals surface area contributed by atoms with Crippen LogP contribution in [-0.4, -0.2) is 37.0 Å². The van der Waals surface area contributed by atoms with Crippen molar-refractivity contribution in [1.82, 2.24) is 0 Å². The van der Waals surface area contributed by atoms with Gasteiger partial charge in [-0.25, -0.2) is 0 Å². The van der Waals surface area contributed by atoms with Crippen molar-refractivity contribution in [2.45, 2.75) is 206 Å². The minimum atomic E-state index is -0.591. The van der Waals surface area contributed by atoms with Crippen molar-refractivity contribution in [2.24, 2.45) is 34.5 Å². The highest BCUT2D eigenvalue weighted by Crippen LogP contribution is 2.62. The van der Waals surface area contributed by atoms with E-state index >= 15 is 0 Å². The molecule has 0 aromatic rings. The zero-order chi connectivity index (χ0) is 32.2. The molecule has 0 bridgehead atoms. The number of carbonyl (C=O) groups is 2. The van der Waals surface area contributed by atoms with Gasteiger partial charge in [-0.3, -0.25) is 9.59 Å². The van der Waals surface area contributed by atoms with E-state index in [-0.39, 0.29) is 0 Å². The summed E-state index contributed by atoms with van der Waals surface area (Å²) in [7, 11) is 0. The van der Waals surface area contributed by atoms with Crippen LogP contribution in [-0.2, 0) is 19.1 Å². The molecule has 0 radical (unpaired) electrons. The smallest absolute Gasteiger partial charge is 0.159 e. The van der Waals surface area contributed by atoms with Crippen LogP contribution in [0.15, 0.2) is 0 Å². The standard InChI is InChI=1S/C42H72O4/c1-3-5-7-9-11-13-31-45-37-19-15-33(16-20-37)35-23-27-41(28-24-35)39(43)42(40(41)44)29-25-36(26-30-42)34-17-21-38(22-18-34)46-32-14-12-10-8-6-4-2/h33-38H,3-32H2,1-2H3. The molecule has 5 aliphatic carbocycles. The van der Waals surface area contributed by atoms with E-state index in [4.69, 9.17) is 9.47 Å². The normalized spacial score (nSPS) is 36.7. The summed E-state index contributed by atoms with van der Waals surface area (Å²) in [6.07, 6.45) is 34.5. The molecular weight excluding hydrogens is 568 g/mol. The number of unbranched alkanes of at least 4 members (excludes halogenated alkanes) is 10. The number of hydrogen-bond acceptors (Lipinski definition) is 4. The molecule has 4 heteroatoms. The highest BCUT2D eigenvalue weighted by atomic mass is 16.5. The lowest BCUT2D eigenvalue weighted by molar-refractivity contribution is -0.179. The van der Waals surface area contributed by atoms with E-state index in [9.17, 15) is 9.59 Å². The lowest BCUT2D eigenvalue weighted by Gasteiger charge is -2.58. The largest absolute Gasteiger partial charge is 0.378 e. The average molecular weight is 641 g/mol. The Labute approximate surface area is 283 Å². The van der Waals surface area contributed by atoms with Crippen LogP contribution in [0.4, 0.5) is 0 Å². The molecule has 0 aromatic heterocycles. The number of ketones is 2. The van der Waals surface area contributed by atoms with E-state index in [1.54, 1.807) is 0 Å². The molecule has 0 aromatic carbocycles. The molecule has 5 fully saturated rings. The summed E-state index contributed by atoms with van der Waals surface area (Å²) in [5.41, 5.74) is -1.18. The van der Waals surface area contributed by atoms with Gasteiger partial charge in [-0.15, -0.1) is 0 Å². The van der Waals surface area contributed by atoms with Gasteiger partial charge >= 0.3 is 0 Å². The van der Waals surface area contributed by atoms with Gasteiger partial charge in [0.1, 0.15) is 0 Å². The first-order valence-electron chi connectivity index (χ1n) is 20.9. The Hall–Kier alpha value is -0.740. The molecule has 0 amide bonds. The van der Waals surface area contributed by atoms with Crippen LogP contribution in [0, 0.1) is 34.5 Å². The quantitative estimate of drug-likeness (QED) is 0.110. The fraction of sp³-hybridized carbons (Fsp3) is 0.952. The van der Waals surface area contributed by atoms with Gasteiger partial charge in [-0.05, 0) is 139 Å². The second-order valence-corrected chi connectivity index (χ2v) is 16.8. The molecule has 5 rings (SSSR count). The van der Waals surface area contributed by atoms with Crippen molar-refractivity contribution in [3.05, 3.63) is 0 Å². The summed E-state index contributed by atoms with van der Waals surface area (Å²) < 4.78 is 12.5. The van der Waals surface area contributed by atoms with Gasteiger partial charge < -0.3 is 9.47 Å². The highest BCUT2D eigenvalue weighted by molar-refractivity contribution is 6.30. The summed E-state index contributed by atoms with van der Waals surface area (Å²) in [6, 6.07) is 0. The first-order valence-corrected chi connectivity index (χ1v) is 20.9. The molecule has 0 saturated heterocycles. The molecule has 0 unspecified atom stereocenters. The fourth-order valence-corrected chi connectivity index (χ4v) is 10.9. The Kier molecular flexibility index (Phi) is 14.5. The minimum Gasteiger partial charge on any atom is -0.378 e. The Bertz CT molecular complexity index is 805. The van der Waals surface area contributed by atoms with Crippen molar-refractivity contribution < 1.29 is 19.1 Å². The molecular formula is C42H72O4. The van der Waals surface area contributed by atoms with E-state index < -0.39 is 10.8 Å². The van der Waals surface area contributed by atoms with E-state index in [1.807, 2.05) is 0 Å². The number of Topliss-reactive ketones (excluding diaryl/α,β-unsaturated/α-hetero) is 2. The molecule has 0 aliphatic heterocycles. The Balaban J connectivity index is 0.950. The molecule has 46 heavy (non-hydrogen) atoms. The maximum atomic E-state index is 13.9.